The molecule has 0 aliphatic rings. The van der Waals surface area contributed by atoms with Crippen molar-refractivity contribution in [3.63, 3.8) is 0 Å². The van der Waals surface area contributed by atoms with Crippen molar-refractivity contribution < 1.29 is 0 Å². The van der Waals surface area contributed by atoms with Gasteiger partial charge in [-0.2, -0.15) is 22.8 Å². The molecule has 20 heavy (non-hydrogen) atoms. The first-order chi connectivity index (χ1) is 9.17. The molecule has 0 radical (unpaired) electrons. The van der Waals surface area contributed by atoms with Crippen molar-refractivity contribution in [2.45, 2.75) is 58.9 Å². The summed E-state index contributed by atoms with van der Waals surface area (Å²) in [5.41, 5.74) is 4.37. The zero-order valence-corrected chi connectivity index (χ0v) is 14.1. The molecule has 2 heterocycles. The minimum atomic E-state index is -0.0940. The van der Waals surface area contributed by atoms with E-state index in [9.17, 15) is 0 Å². The van der Waals surface area contributed by atoms with E-state index in [1.165, 1.54) is 0 Å². The first-order valence-electron chi connectivity index (χ1n) is 6.95. The predicted molar refractivity (Wildman–Crippen MR) is 85.5 cm³/mol. The van der Waals surface area contributed by atoms with Crippen LogP contribution in [-0.4, -0.2) is 24.3 Å². The summed E-state index contributed by atoms with van der Waals surface area (Å²) in [5.74, 6) is 0. The van der Waals surface area contributed by atoms with E-state index in [0.717, 1.165) is 29.2 Å². The lowest BCUT2D eigenvalue weighted by Crippen LogP contribution is -2.29. The SMILES string of the molecule is Cc1cc(C)n(C(CC(C)(C)S)n2nc(C)cc2C)n1. The van der Waals surface area contributed by atoms with Crippen LogP contribution in [0.15, 0.2) is 12.1 Å². The number of hydrogen-bond donors (Lipinski definition) is 1. The molecule has 0 aliphatic carbocycles. The molecule has 0 unspecified atom stereocenters. The molecule has 4 nitrogen and oxygen atoms in total. The van der Waals surface area contributed by atoms with Gasteiger partial charge in [0.05, 0.1) is 11.4 Å². The Balaban J connectivity index is 2.50. The number of nitrogens with zero attached hydrogens (tertiary/aromatic N) is 4. The highest BCUT2D eigenvalue weighted by Crippen LogP contribution is 2.29. The molecule has 0 aliphatic heterocycles. The van der Waals surface area contributed by atoms with Crippen LogP contribution in [-0.2, 0) is 0 Å². The molecule has 2 rings (SSSR count). The first kappa shape index (κ1) is 15.2. The standard InChI is InChI=1S/C15H24N4S/c1-10-7-12(3)18(16-10)14(9-15(5,6)20)19-13(4)8-11(2)17-19/h7-8,14,20H,9H2,1-6H3. The predicted octanol–water partition coefficient (Wildman–Crippen LogP) is 3.46. The van der Waals surface area contributed by atoms with Crippen LogP contribution in [0, 0.1) is 27.7 Å². The Morgan fingerprint density at radius 3 is 1.65 bits per heavy atom. The summed E-state index contributed by atoms with van der Waals surface area (Å²) < 4.78 is 4.03. The van der Waals surface area contributed by atoms with E-state index >= 15 is 0 Å². The molecular weight excluding hydrogens is 268 g/mol. The highest BCUT2D eigenvalue weighted by atomic mass is 32.1. The summed E-state index contributed by atoms with van der Waals surface area (Å²) in [6.45, 7) is 12.5. The maximum atomic E-state index is 4.69. The molecule has 2 aromatic heterocycles. The molecule has 0 saturated carbocycles. The van der Waals surface area contributed by atoms with Gasteiger partial charge in [-0.05, 0) is 39.8 Å². The Hall–Kier alpha value is -1.23. The van der Waals surface area contributed by atoms with E-state index in [4.69, 9.17) is 12.6 Å². The summed E-state index contributed by atoms with van der Waals surface area (Å²) in [7, 11) is 0. The first-order valence-corrected chi connectivity index (χ1v) is 7.40. The second kappa shape index (κ2) is 5.28. The lowest BCUT2D eigenvalue weighted by molar-refractivity contribution is 0.304. The van der Waals surface area contributed by atoms with Gasteiger partial charge < -0.3 is 0 Å². The molecule has 0 aromatic carbocycles. The highest BCUT2D eigenvalue weighted by molar-refractivity contribution is 7.81. The Bertz CT molecular complexity index is 558. The van der Waals surface area contributed by atoms with E-state index in [1.807, 2.05) is 13.8 Å². The number of aromatic nitrogens is 4. The van der Waals surface area contributed by atoms with Gasteiger partial charge in [-0.15, -0.1) is 0 Å². The summed E-state index contributed by atoms with van der Waals surface area (Å²) >= 11 is 4.69. The van der Waals surface area contributed by atoms with Gasteiger partial charge in [-0.25, -0.2) is 9.36 Å². The molecule has 0 spiro atoms. The lowest BCUT2D eigenvalue weighted by atomic mass is 10.1. The summed E-state index contributed by atoms with van der Waals surface area (Å²) in [6, 6.07) is 4.20. The van der Waals surface area contributed by atoms with Gasteiger partial charge in [-0.1, -0.05) is 13.8 Å². The fourth-order valence-corrected chi connectivity index (χ4v) is 2.78. The average Bonchev–Trinajstić information content (AvgIpc) is 2.77. The Labute approximate surface area is 126 Å². The van der Waals surface area contributed by atoms with Crippen molar-refractivity contribution in [2.75, 3.05) is 0 Å². The molecule has 110 valence electrons. The number of thiol groups is 1. The number of hydrogen-bond acceptors (Lipinski definition) is 3. The van der Waals surface area contributed by atoms with E-state index in [-0.39, 0.29) is 10.9 Å². The van der Waals surface area contributed by atoms with Crippen molar-refractivity contribution in [3.8, 4) is 0 Å². The highest BCUT2D eigenvalue weighted by Gasteiger charge is 2.26. The minimum Gasteiger partial charge on any atom is -0.245 e. The van der Waals surface area contributed by atoms with Gasteiger partial charge in [0.1, 0.15) is 6.17 Å². The molecule has 2 aromatic rings. The molecular formula is C15H24N4S. The molecule has 0 amide bonds. The third-order valence-corrected chi connectivity index (χ3v) is 3.52. The van der Waals surface area contributed by atoms with E-state index in [1.54, 1.807) is 0 Å². The van der Waals surface area contributed by atoms with E-state index < -0.39 is 0 Å². The fraction of sp³-hybridized carbons (Fsp3) is 0.600. The van der Waals surface area contributed by atoms with Gasteiger partial charge in [0.2, 0.25) is 0 Å². The van der Waals surface area contributed by atoms with E-state index in [0.29, 0.717) is 0 Å². The monoisotopic (exact) mass is 292 g/mol. The zero-order chi connectivity index (χ0) is 15.1. The van der Waals surface area contributed by atoms with Crippen LogP contribution >= 0.6 is 12.6 Å². The largest absolute Gasteiger partial charge is 0.245 e. The molecule has 5 heteroatoms. The van der Waals surface area contributed by atoms with Crippen molar-refractivity contribution in [1.29, 1.82) is 0 Å². The summed E-state index contributed by atoms with van der Waals surface area (Å²) in [4.78, 5) is 0. The van der Waals surface area contributed by atoms with Crippen LogP contribution in [0.1, 0.15) is 49.2 Å². The van der Waals surface area contributed by atoms with Crippen molar-refractivity contribution in [2.24, 2.45) is 0 Å². The zero-order valence-electron chi connectivity index (χ0n) is 13.2. The Kier molecular flexibility index (Phi) is 4.00. The molecule has 0 bridgehead atoms. The van der Waals surface area contributed by atoms with Crippen LogP contribution in [0.25, 0.3) is 0 Å². The van der Waals surface area contributed by atoms with Gasteiger partial charge in [0.15, 0.2) is 0 Å². The maximum absolute atomic E-state index is 4.69. The minimum absolute atomic E-state index is 0.0601. The average molecular weight is 292 g/mol. The van der Waals surface area contributed by atoms with Crippen molar-refractivity contribution in [1.82, 2.24) is 19.6 Å². The summed E-state index contributed by atoms with van der Waals surface area (Å²) in [6.07, 6.45) is 0.921. The topological polar surface area (TPSA) is 35.6 Å². The van der Waals surface area contributed by atoms with Crippen LogP contribution in [0.3, 0.4) is 0 Å². The quantitative estimate of drug-likeness (QED) is 0.876. The smallest absolute Gasteiger partial charge is 0.145 e. The third-order valence-electron chi connectivity index (χ3n) is 3.34. The van der Waals surface area contributed by atoms with Gasteiger partial charge >= 0.3 is 0 Å². The van der Waals surface area contributed by atoms with Crippen LogP contribution in [0.2, 0.25) is 0 Å². The van der Waals surface area contributed by atoms with E-state index in [2.05, 4.69) is 59.4 Å². The second-order valence-electron chi connectivity index (χ2n) is 6.24. The maximum Gasteiger partial charge on any atom is 0.145 e. The molecule has 0 fully saturated rings. The van der Waals surface area contributed by atoms with Crippen LogP contribution in [0.4, 0.5) is 0 Å². The van der Waals surface area contributed by atoms with Crippen LogP contribution < -0.4 is 0 Å². The van der Waals surface area contributed by atoms with Gasteiger partial charge in [0, 0.05) is 22.6 Å². The Morgan fingerprint density at radius 2 is 1.40 bits per heavy atom. The normalized spacial score (nSPS) is 12.4. The lowest BCUT2D eigenvalue weighted by Gasteiger charge is -2.27. The molecule has 0 N–H and O–H groups in total. The number of rotatable bonds is 4. The molecule has 0 atom stereocenters. The summed E-state index contributed by atoms with van der Waals surface area (Å²) in [5, 5.41) is 9.29. The fourth-order valence-electron chi connectivity index (χ4n) is 2.62. The second-order valence-corrected chi connectivity index (χ2v) is 7.45. The Morgan fingerprint density at radius 1 is 1.00 bits per heavy atom. The van der Waals surface area contributed by atoms with Gasteiger partial charge in [0.25, 0.3) is 0 Å². The van der Waals surface area contributed by atoms with Crippen LogP contribution in [0.5, 0.6) is 0 Å². The van der Waals surface area contributed by atoms with Crippen molar-refractivity contribution in [3.05, 3.63) is 34.9 Å². The number of aryl methyl sites for hydroxylation is 4. The van der Waals surface area contributed by atoms with Crippen molar-refractivity contribution >= 4 is 12.6 Å². The molecule has 0 saturated heterocycles. The van der Waals surface area contributed by atoms with Gasteiger partial charge in [-0.3, -0.25) is 0 Å². The third kappa shape index (κ3) is 3.26.